The Hall–Kier alpha value is -0.714. The van der Waals surface area contributed by atoms with Gasteiger partial charge in [0, 0.05) is 24.5 Å². The summed E-state index contributed by atoms with van der Waals surface area (Å²) in [6.45, 7) is 7.27. The zero-order valence-corrected chi connectivity index (χ0v) is 18.5. The van der Waals surface area contributed by atoms with E-state index in [0.29, 0.717) is 45.4 Å². The molecule has 1 heterocycles. The second-order valence-electron chi connectivity index (χ2n) is 6.26. The van der Waals surface area contributed by atoms with Crippen molar-refractivity contribution in [1.82, 2.24) is 0 Å². The van der Waals surface area contributed by atoms with E-state index in [1.165, 1.54) is 0 Å². The van der Waals surface area contributed by atoms with Crippen LogP contribution in [-0.4, -0.2) is 93.1 Å². The number of phenolic OH excluding ortho intramolecular Hbond substituents is 1. The van der Waals surface area contributed by atoms with Crippen LogP contribution in [0.1, 0.15) is 19.4 Å². The van der Waals surface area contributed by atoms with Gasteiger partial charge in [-0.2, -0.15) is 0 Å². The van der Waals surface area contributed by atoms with Crippen molar-refractivity contribution in [2.24, 2.45) is 4.99 Å². The van der Waals surface area contributed by atoms with Crippen molar-refractivity contribution in [3.63, 3.8) is 0 Å². The van der Waals surface area contributed by atoms with E-state index in [0.717, 1.165) is 38.0 Å². The number of aromatic hydroxyl groups is 1. The van der Waals surface area contributed by atoms with Gasteiger partial charge in [0.1, 0.15) is 23.1 Å². The van der Waals surface area contributed by atoms with Crippen LogP contribution in [0.4, 0.5) is 0 Å². The Bertz CT molecular complexity index is 599. The Morgan fingerprint density at radius 1 is 1.11 bits per heavy atom. The Morgan fingerprint density at radius 3 is 2.30 bits per heavy atom. The minimum absolute atomic E-state index is 0.0772. The number of methoxy groups -OCH3 is 1. The van der Waals surface area contributed by atoms with Gasteiger partial charge in [-0.1, -0.05) is 0 Å². The molecule has 9 heteroatoms. The normalized spacial score (nSPS) is 15.1. The van der Waals surface area contributed by atoms with Gasteiger partial charge in [-0.15, -0.1) is 11.8 Å². The van der Waals surface area contributed by atoms with Crippen LogP contribution in [0, 0.1) is 0 Å². The first-order valence-electron chi connectivity index (χ1n) is 8.67. The fraction of sp³-hybridized carbons (Fsp3) is 0.611. The second kappa shape index (κ2) is 13.5. The van der Waals surface area contributed by atoms with Crippen molar-refractivity contribution in [3.8, 4) is 11.5 Å². The number of nitrogens with zero attached hydrogens (tertiary/aromatic N) is 1. The van der Waals surface area contributed by atoms with Crippen LogP contribution in [0.25, 0.3) is 0 Å². The van der Waals surface area contributed by atoms with E-state index in [4.69, 9.17) is 22.1 Å². The minimum atomic E-state index is -0.0772. The van der Waals surface area contributed by atoms with Gasteiger partial charge < -0.3 is 24.1 Å². The number of hydrogen-bond donors (Lipinski definition) is 1. The molecule has 27 heavy (non-hydrogen) atoms. The zero-order chi connectivity index (χ0) is 20.1. The summed E-state index contributed by atoms with van der Waals surface area (Å²) in [5, 5.41) is 11.1. The molecule has 0 saturated carbocycles. The molecule has 0 atom stereocenters. The quantitative estimate of drug-likeness (QED) is 0.341. The molecular formula is C18H28MgNO6S+. The number of phenols is 1. The molecular weight excluding hydrogens is 383 g/mol. The van der Waals surface area contributed by atoms with Crippen molar-refractivity contribution in [2.75, 3.05) is 52.5 Å². The van der Waals surface area contributed by atoms with Gasteiger partial charge in [0.05, 0.1) is 38.6 Å². The molecule has 1 aromatic rings. The number of thioether (sulfide) groups is 1. The van der Waals surface area contributed by atoms with E-state index in [2.05, 4.69) is 18.8 Å². The van der Waals surface area contributed by atoms with Gasteiger partial charge in [-0.05, 0) is 26.0 Å². The first kappa shape index (κ1) is 24.3. The Kier molecular flexibility index (Phi) is 12.1. The average molecular weight is 411 g/mol. The Morgan fingerprint density at radius 2 is 1.74 bits per heavy atom. The third-order valence-electron chi connectivity index (χ3n) is 3.47. The molecule has 2 N–H and O–H groups in total. The number of rotatable bonds is 11. The topological polar surface area (TPSA) is 90.9 Å². The molecule has 1 aromatic carbocycles. The van der Waals surface area contributed by atoms with Crippen LogP contribution in [0.5, 0.6) is 11.5 Å². The first-order chi connectivity index (χ1) is 13.0. The number of benzene rings is 1. The monoisotopic (exact) mass is 410 g/mol. The van der Waals surface area contributed by atoms with Crippen molar-refractivity contribution < 1.29 is 27.2 Å². The van der Waals surface area contributed by atoms with Crippen LogP contribution < -0.4 is 4.74 Å². The Labute approximate surface area is 177 Å². The molecule has 0 amide bonds. The van der Waals surface area contributed by atoms with Crippen LogP contribution in [0.15, 0.2) is 23.2 Å². The molecule has 0 bridgehead atoms. The third kappa shape index (κ3) is 9.35. The van der Waals surface area contributed by atoms with E-state index in [1.807, 2.05) is 12.1 Å². The molecule has 7 nitrogen and oxygen atoms in total. The van der Waals surface area contributed by atoms with Crippen molar-refractivity contribution in [1.29, 1.82) is 0 Å². The van der Waals surface area contributed by atoms with E-state index in [-0.39, 0.29) is 11.3 Å². The maximum atomic E-state index is 10.2. The molecule has 148 valence electrons. The SMILES string of the molecule is COCCOCCOCCOc1ccc(C2=NC(C)(C)CS2)c(O)c1.[OH+]=[Mg]. The van der Waals surface area contributed by atoms with Gasteiger partial charge in [0.15, 0.2) is 0 Å². The van der Waals surface area contributed by atoms with Crippen molar-refractivity contribution >= 4 is 38.5 Å². The standard InChI is InChI=1S/C18H27NO5S.Mg.H2O/c1-18(2)13-25-17(19-18)15-5-4-14(12-16(15)20)24-11-10-23-9-8-22-7-6-21-3;;/h4-5,12,20H,6-11,13H2,1-3H3;;1H2/q;+2;/p-1. The van der Waals surface area contributed by atoms with Gasteiger partial charge in [0.25, 0.3) is 0 Å². The molecule has 0 radical (unpaired) electrons. The molecule has 0 saturated heterocycles. The van der Waals surface area contributed by atoms with Gasteiger partial charge in [-0.3, -0.25) is 4.99 Å². The van der Waals surface area contributed by atoms with Crippen LogP contribution in [0.2, 0.25) is 0 Å². The summed E-state index contributed by atoms with van der Waals surface area (Å²) >= 11 is 2.53. The third-order valence-corrected chi connectivity index (χ3v) is 4.90. The number of ether oxygens (including phenoxy) is 4. The molecule has 2 rings (SSSR count). The zero-order valence-electron chi connectivity index (χ0n) is 16.3. The fourth-order valence-electron chi connectivity index (χ4n) is 2.19. The number of aliphatic imine (C=N–C) groups is 1. The molecule has 0 fully saturated rings. The summed E-state index contributed by atoms with van der Waals surface area (Å²) in [5.41, 5.74) is 0.680. The predicted molar refractivity (Wildman–Crippen MR) is 108 cm³/mol. The average Bonchev–Trinajstić information content (AvgIpc) is 3.01. The van der Waals surface area contributed by atoms with Crippen molar-refractivity contribution in [2.45, 2.75) is 19.4 Å². The molecule has 0 aromatic heterocycles. The van der Waals surface area contributed by atoms with Gasteiger partial charge in [0.2, 0.25) is 0 Å². The van der Waals surface area contributed by atoms with E-state index in [1.54, 1.807) is 24.9 Å². The first-order valence-corrected chi connectivity index (χ1v) is 10.3. The molecule has 0 aliphatic carbocycles. The predicted octanol–water partition coefficient (Wildman–Crippen LogP) is 2.16. The van der Waals surface area contributed by atoms with Crippen LogP contribution in [-0.2, 0) is 14.2 Å². The molecule has 1 aliphatic heterocycles. The summed E-state index contributed by atoms with van der Waals surface area (Å²) in [4.78, 5) is 4.64. The van der Waals surface area contributed by atoms with Crippen LogP contribution >= 0.6 is 11.8 Å². The summed E-state index contributed by atoms with van der Waals surface area (Å²) in [6, 6.07) is 5.32. The molecule has 1 aliphatic rings. The van der Waals surface area contributed by atoms with Crippen LogP contribution in [0.3, 0.4) is 0 Å². The number of hydrogen-bond acceptors (Lipinski definition) is 7. The van der Waals surface area contributed by atoms with E-state index in [9.17, 15) is 5.11 Å². The second-order valence-corrected chi connectivity index (χ2v) is 7.23. The summed E-state index contributed by atoms with van der Waals surface area (Å²) in [6.07, 6.45) is 0. The Balaban J connectivity index is 0.00000176. The summed E-state index contributed by atoms with van der Waals surface area (Å²) < 4.78 is 28.2. The maximum absolute atomic E-state index is 10.2. The van der Waals surface area contributed by atoms with Gasteiger partial charge in [-0.25, -0.2) is 0 Å². The van der Waals surface area contributed by atoms with E-state index >= 15 is 0 Å². The molecule has 0 spiro atoms. The molecule has 0 unspecified atom stereocenters. The van der Waals surface area contributed by atoms with Crippen molar-refractivity contribution in [3.05, 3.63) is 23.8 Å². The summed E-state index contributed by atoms with van der Waals surface area (Å²) in [7, 11) is 1.64. The summed E-state index contributed by atoms with van der Waals surface area (Å²) in [5.74, 6) is 1.73. The van der Waals surface area contributed by atoms with Gasteiger partial charge >= 0.3 is 24.9 Å². The van der Waals surface area contributed by atoms with E-state index < -0.39 is 0 Å². The fourth-order valence-corrected chi connectivity index (χ4v) is 3.38.